The van der Waals surface area contributed by atoms with Gasteiger partial charge in [-0.05, 0) is 22.6 Å². The molecule has 0 atom stereocenters. The van der Waals surface area contributed by atoms with E-state index < -0.39 is 18.1 Å². The standard InChI is InChI=1S/C6H2ClF3IN/c7-2-1-3(8)12-5(4(2)11)6(9)10/h1,6H. The monoisotopic (exact) mass is 307 g/mol. The molecule has 1 rings (SSSR count). The average Bonchev–Trinajstić information content (AvgIpc) is 1.96. The minimum Gasteiger partial charge on any atom is -0.218 e. The van der Waals surface area contributed by atoms with Gasteiger partial charge in [0, 0.05) is 6.07 Å². The molecule has 0 bridgehead atoms. The third-order valence-corrected chi connectivity index (χ3v) is 2.87. The molecule has 0 fully saturated rings. The van der Waals surface area contributed by atoms with E-state index in [1.165, 1.54) is 0 Å². The minimum absolute atomic E-state index is 0.0431. The van der Waals surface area contributed by atoms with Crippen molar-refractivity contribution in [1.82, 2.24) is 4.98 Å². The zero-order chi connectivity index (χ0) is 9.30. The fourth-order valence-electron chi connectivity index (χ4n) is 0.631. The van der Waals surface area contributed by atoms with Crippen LogP contribution in [-0.4, -0.2) is 4.98 Å². The Morgan fingerprint density at radius 1 is 1.50 bits per heavy atom. The van der Waals surface area contributed by atoms with Crippen molar-refractivity contribution in [2.75, 3.05) is 0 Å². The van der Waals surface area contributed by atoms with E-state index in [9.17, 15) is 13.2 Å². The highest BCUT2D eigenvalue weighted by molar-refractivity contribution is 14.1. The number of alkyl halides is 2. The van der Waals surface area contributed by atoms with Crippen molar-refractivity contribution >= 4 is 34.2 Å². The van der Waals surface area contributed by atoms with E-state index in [2.05, 4.69) is 4.98 Å². The Hall–Kier alpha value is -0.0400. The lowest BCUT2D eigenvalue weighted by molar-refractivity contribution is 0.143. The summed E-state index contributed by atoms with van der Waals surface area (Å²) in [6, 6.07) is 0.898. The van der Waals surface area contributed by atoms with E-state index in [1.807, 2.05) is 0 Å². The molecule has 0 radical (unpaired) electrons. The van der Waals surface area contributed by atoms with Crippen LogP contribution >= 0.6 is 34.2 Å². The highest BCUT2D eigenvalue weighted by Crippen LogP contribution is 2.28. The Balaban J connectivity index is 3.28. The van der Waals surface area contributed by atoms with Crippen LogP contribution in [0.25, 0.3) is 0 Å². The van der Waals surface area contributed by atoms with Crippen LogP contribution < -0.4 is 0 Å². The molecule has 0 aliphatic heterocycles. The van der Waals surface area contributed by atoms with Crippen molar-refractivity contribution in [1.29, 1.82) is 0 Å². The summed E-state index contributed by atoms with van der Waals surface area (Å²) in [4.78, 5) is 3.02. The molecule has 0 saturated carbocycles. The number of aromatic nitrogens is 1. The van der Waals surface area contributed by atoms with E-state index in [0.717, 1.165) is 6.07 Å². The number of rotatable bonds is 1. The second-order valence-electron chi connectivity index (χ2n) is 1.93. The van der Waals surface area contributed by atoms with Gasteiger partial charge in [0.15, 0.2) is 0 Å². The first kappa shape index (κ1) is 10.0. The zero-order valence-corrected chi connectivity index (χ0v) is 8.41. The molecule has 0 unspecified atom stereocenters. The molecule has 0 saturated heterocycles. The Morgan fingerprint density at radius 2 is 2.08 bits per heavy atom. The summed E-state index contributed by atoms with van der Waals surface area (Å²) < 4.78 is 36.7. The number of hydrogen-bond donors (Lipinski definition) is 0. The van der Waals surface area contributed by atoms with Crippen molar-refractivity contribution in [3.05, 3.63) is 26.3 Å². The zero-order valence-electron chi connectivity index (χ0n) is 5.49. The summed E-state index contributed by atoms with van der Waals surface area (Å²) in [6.45, 7) is 0. The average molecular weight is 307 g/mol. The van der Waals surface area contributed by atoms with Gasteiger partial charge in [-0.1, -0.05) is 11.6 Å². The number of nitrogens with zero attached hydrogens (tertiary/aromatic N) is 1. The van der Waals surface area contributed by atoms with Crippen molar-refractivity contribution < 1.29 is 13.2 Å². The van der Waals surface area contributed by atoms with Crippen LogP contribution in [0.15, 0.2) is 6.07 Å². The topological polar surface area (TPSA) is 12.9 Å². The van der Waals surface area contributed by atoms with Crippen molar-refractivity contribution in [2.45, 2.75) is 6.43 Å². The minimum atomic E-state index is -2.80. The lowest BCUT2D eigenvalue weighted by Crippen LogP contribution is -1.97. The van der Waals surface area contributed by atoms with E-state index in [1.54, 1.807) is 22.6 Å². The van der Waals surface area contributed by atoms with Gasteiger partial charge < -0.3 is 0 Å². The van der Waals surface area contributed by atoms with Gasteiger partial charge in [0.2, 0.25) is 5.95 Å². The van der Waals surface area contributed by atoms with Crippen LogP contribution in [-0.2, 0) is 0 Å². The molecular weight excluding hydrogens is 305 g/mol. The Kier molecular flexibility index (Phi) is 3.16. The van der Waals surface area contributed by atoms with Gasteiger partial charge in [0.05, 0.1) is 8.59 Å². The second kappa shape index (κ2) is 3.78. The Labute approximate surface area is 85.1 Å². The first-order valence-corrected chi connectivity index (χ1v) is 4.27. The third-order valence-electron chi connectivity index (χ3n) is 1.11. The molecule has 12 heavy (non-hydrogen) atoms. The first-order valence-electron chi connectivity index (χ1n) is 2.82. The predicted octanol–water partition coefficient (Wildman–Crippen LogP) is 3.42. The SMILES string of the molecule is Fc1cc(Cl)c(I)c(C(F)F)n1. The third kappa shape index (κ3) is 2.01. The maximum absolute atomic E-state index is 12.4. The Bertz CT molecular complexity index is 305. The van der Waals surface area contributed by atoms with Gasteiger partial charge in [-0.2, -0.15) is 4.39 Å². The van der Waals surface area contributed by atoms with Gasteiger partial charge in [-0.25, -0.2) is 13.8 Å². The summed E-state index contributed by atoms with van der Waals surface area (Å²) in [6.07, 6.45) is -2.80. The van der Waals surface area contributed by atoms with E-state index in [0.29, 0.717) is 0 Å². The molecule has 1 nitrogen and oxygen atoms in total. The lowest BCUT2D eigenvalue weighted by Gasteiger charge is -2.03. The largest absolute Gasteiger partial charge is 0.281 e. The summed E-state index contributed by atoms with van der Waals surface area (Å²) in [5.41, 5.74) is -0.611. The number of halogens is 5. The van der Waals surface area contributed by atoms with Gasteiger partial charge in [0.1, 0.15) is 5.69 Å². The van der Waals surface area contributed by atoms with Gasteiger partial charge in [-0.3, -0.25) is 0 Å². The predicted molar refractivity (Wildman–Crippen MR) is 46.9 cm³/mol. The van der Waals surface area contributed by atoms with Gasteiger partial charge >= 0.3 is 0 Å². The van der Waals surface area contributed by atoms with E-state index >= 15 is 0 Å². The molecule has 1 heterocycles. The molecule has 66 valence electrons. The van der Waals surface area contributed by atoms with Crippen molar-refractivity contribution in [2.24, 2.45) is 0 Å². The van der Waals surface area contributed by atoms with Gasteiger partial charge in [0.25, 0.3) is 6.43 Å². The molecular formula is C6H2ClF3IN. The van der Waals surface area contributed by atoms with Crippen molar-refractivity contribution in [3.8, 4) is 0 Å². The van der Waals surface area contributed by atoms with Crippen molar-refractivity contribution in [3.63, 3.8) is 0 Å². The summed E-state index contributed by atoms with van der Waals surface area (Å²) in [5, 5.41) is -0.0431. The fraction of sp³-hybridized carbons (Fsp3) is 0.167. The van der Waals surface area contributed by atoms with Crippen LogP contribution in [0.5, 0.6) is 0 Å². The number of hydrogen-bond acceptors (Lipinski definition) is 1. The fourth-order valence-corrected chi connectivity index (χ4v) is 1.33. The van der Waals surface area contributed by atoms with Crippen LogP contribution in [0.3, 0.4) is 0 Å². The molecule has 0 spiro atoms. The maximum Gasteiger partial charge on any atom is 0.281 e. The van der Waals surface area contributed by atoms with Crippen LogP contribution in [0.2, 0.25) is 5.02 Å². The molecule has 0 aliphatic rings. The quantitative estimate of drug-likeness (QED) is 0.572. The highest BCUT2D eigenvalue weighted by atomic mass is 127. The first-order chi connectivity index (χ1) is 5.52. The summed E-state index contributed by atoms with van der Waals surface area (Å²) >= 11 is 7.04. The Morgan fingerprint density at radius 3 is 2.58 bits per heavy atom. The summed E-state index contributed by atoms with van der Waals surface area (Å²) in [7, 11) is 0. The molecule has 0 aliphatic carbocycles. The lowest BCUT2D eigenvalue weighted by atomic mass is 10.3. The van der Waals surface area contributed by atoms with Crippen LogP contribution in [0, 0.1) is 9.52 Å². The molecule has 0 aromatic carbocycles. The molecule has 6 heteroatoms. The van der Waals surface area contributed by atoms with Crippen LogP contribution in [0.4, 0.5) is 13.2 Å². The second-order valence-corrected chi connectivity index (χ2v) is 3.41. The summed E-state index contributed by atoms with van der Waals surface area (Å²) in [5.74, 6) is -0.990. The van der Waals surface area contributed by atoms with E-state index in [4.69, 9.17) is 11.6 Å². The molecule has 0 N–H and O–H groups in total. The molecule has 0 amide bonds. The van der Waals surface area contributed by atoms with Gasteiger partial charge in [-0.15, -0.1) is 0 Å². The smallest absolute Gasteiger partial charge is 0.218 e. The number of pyridine rings is 1. The molecule has 1 aromatic heterocycles. The maximum atomic E-state index is 12.4. The van der Waals surface area contributed by atoms with Crippen LogP contribution in [0.1, 0.15) is 12.1 Å². The highest BCUT2D eigenvalue weighted by Gasteiger charge is 2.17. The normalized spacial score (nSPS) is 10.8. The van der Waals surface area contributed by atoms with E-state index in [-0.39, 0.29) is 8.59 Å². The molecule has 1 aromatic rings.